The highest BCUT2D eigenvalue weighted by molar-refractivity contribution is 5.83. The fraction of sp³-hybridized carbons (Fsp3) is 0.316. The minimum absolute atomic E-state index is 0.222. The van der Waals surface area contributed by atoms with Crippen LogP contribution in [0.25, 0.3) is 0 Å². The van der Waals surface area contributed by atoms with Crippen LogP contribution in [0.1, 0.15) is 35.1 Å². The molecule has 5 heteroatoms. The normalized spacial score (nSPS) is 15.9. The number of carbonyl (C=O) groups is 1. The van der Waals surface area contributed by atoms with Gasteiger partial charge in [0.15, 0.2) is 11.6 Å². The number of esters is 1. The molecule has 0 aliphatic heterocycles. The molecule has 0 aromatic heterocycles. The van der Waals surface area contributed by atoms with E-state index in [0.717, 1.165) is 17.2 Å². The molecule has 0 spiro atoms. The van der Waals surface area contributed by atoms with Gasteiger partial charge in [-0.1, -0.05) is 6.07 Å². The van der Waals surface area contributed by atoms with Gasteiger partial charge in [-0.05, 0) is 66.3 Å². The second-order valence-electron chi connectivity index (χ2n) is 5.71. The third kappa shape index (κ3) is 2.86. The minimum Gasteiger partial charge on any atom is -0.497 e. The molecule has 0 heterocycles. The van der Waals surface area contributed by atoms with E-state index < -0.39 is 23.5 Å². The van der Waals surface area contributed by atoms with Crippen molar-refractivity contribution in [1.29, 1.82) is 0 Å². The first-order valence-electron chi connectivity index (χ1n) is 7.86. The lowest BCUT2D eigenvalue weighted by atomic mass is 9.88. The van der Waals surface area contributed by atoms with Crippen LogP contribution in [-0.4, -0.2) is 19.7 Å². The lowest BCUT2D eigenvalue weighted by Gasteiger charge is -2.19. The van der Waals surface area contributed by atoms with Gasteiger partial charge in [0.2, 0.25) is 0 Å². The summed E-state index contributed by atoms with van der Waals surface area (Å²) in [6.45, 7) is 1.94. The topological polar surface area (TPSA) is 35.5 Å². The number of halogens is 2. The molecule has 1 unspecified atom stereocenters. The van der Waals surface area contributed by atoms with E-state index in [4.69, 9.17) is 9.47 Å². The lowest BCUT2D eigenvalue weighted by Crippen LogP contribution is -2.19. The van der Waals surface area contributed by atoms with Gasteiger partial charge in [0.1, 0.15) is 11.7 Å². The maximum absolute atomic E-state index is 13.8. The molecule has 0 N–H and O–H groups in total. The summed E-state index contributed by atoms with van der Waals surface area (Å²) in [5.74, 6) is -2.41. The van der Waals surface area contributed by atoms with Gasteiger partial charge in [-0.2, -0.15) is 0 Å². The number of hydrogen-bond acceptors (Lipinski definition) is 3. The number of rotatable bonds is 3. The molecule has 0 radical (unpaired) electrons. The molecule has 24 heavy (non-hydrogen) atoms. The zero-order valence-electron chi connectivity index (χ0n) is 13.6. The summed E-state index contributed by atoms with van der Waals surface area (Å²) in [5.41, 5.74) is 2.77. The smallest absolute Gasteiger partial charge is 0.317 e. The van der Waals surface area contributed by atoms with Crippen LogP contribution in [0.2, 0.25) is 0 Å². The molecular weight excluding hydrogens is 314 g/mol. The van der Waals surface area contributed by atoms with Crippen molar-refractivity contribution in [3.8, 4) is 5.75 Å². The molecule has 2 aromatic carbocycles. The van der Waals surface area contributed by atoms with E-state index in [1.807, 2.05) is 6.07 Å². The van der Waals surface area contributed by atoms with Gasteiger partial charge >= 0.3 is 5.97 Å². The minimum atomic E-state index is -0.958. The molecule has 126 valence electrons. The lowest BCUT2D eigenvalue weighted by molar-refractivity contribution is -0.143. The number of benzene rings is 2. The molecule has 0 amide bonds. The number of aryl methyl sites for hydroxylation is 2. The van der Waals surface area contributed by atoms with E-state index in [-0.39, 0.29) is 6.61 Å². The molecular formula is C19H18F2O3. The van der Waals surface area contributed by atoms with Crippen LogP contribution < -0.4 is 4.74 Å². The van der Waals surface area contributed by atoms with Crippen LogP contribution in [0.5, 0.6) is 5.75 Å². The number of fused-ring (bicyclic) bond motifs is 2. The maximum Gasteiger partial charge on any atom is 0.317 e. The summed E-state index contributed by atoms with van der Waals surface area (Å²) in [4.78, 5) is 12.6. The molecule has 1 aliphatic carbocycles. The predicted molar refractivity (Wildman–Crippen MR) is 85.2 cm³/mol. The summed E-state index contributed by atoms with van der Waals surface area (Å²) in [6, 6.07) is 7.72. The van der Waals surface area contributed by atoms with Gasteiger partial charge in [0.05, 0.1) is 13.7 Å². The van der Waals surface area contributed by atoms with E-state index in [2.05, 4.69) is 0 Å². The highest BCUT2D eigenvalue weighted by Gasteiger charge is 2.32. The first-order chi connectivity index (χ1) is 11.5. The van der Waals surface area contributed by atoms with E-state index in [1.165, 1.54) is 6.07 Å². The van der Waals surface area contributed by atoms with Crippen molar-refractivity contribution in [3.05, 3.63) is 64.2 Å². The molecule has 0 bridgehead atoms. The van der Waals surface area contributed by atoms with Crippen LogP contribution in [0.3, 0.4) is 0 Å². The van der Waals surface area contributed by atoms with E-state index in [0.29, 0.717) is 29.7 Å². The number of ether oxygens (including phenoxy) is 2. The zero-order valence-corrected chi connectivity index (χ0v) is 13.6. The highest BCUT2D eigenvalue weighted by Crippen LogP contribution is 2.37. The largest absolute Gasteiger partial charge is 0.497 e. The van der Waals surface area contributed by atoms with Gasteiger partial charge in [-0.15, -0.1) is 0 Å². The third-order valence-electron chi connectivity index (χ3n) is 4.34. The molecule has 0 saturated carbocycles. The van der Waals surface area contributed by atoms with Crippen molar-refractivity contribution in [2.24, 2.45) is 0 Å². The van der Waals surface area contributed by atoms with Gasteiger partial charge in [0.25, 0.3) is 0 Å². The Labute approximate surface area is 139 Å². The van der Waals surface area contributed by atoms with Crippen LogP contribution in [0.4, 0.5) is 8.78 Å². The van der Waals surface area contributed by atoms with Gasteiger partial charge in [0, 0.05) is 0 Å². The Hall–Kier alpha value is -2.43. The highest BCUT2D eigenvalue weighted by atomic mass is 19.2. The molecule has 0 fully saturated rings. The van der Waals surface area contributed by atoms with Crippen molar-refractivity contribution in [2.45, 2.75) is 25.7 Å². The Balaban J connectivity index is 2.20. The standard InChI is InChI=1S/C19H18F2O3/c1-3-24-19(22)18-14-7-6-13(23-2)8-11(14)4-5-12-9-16(20)17(21)10-15(12)18/h6-10,18H,3-5H2,1-2H3. The van der Waals surface area contributed by atoms with Crippen molar-refractivity contribution in [2.75, 3.05) is 13.7 Å². The molecule has 2 aromatic rings. The van der Waals surface area contributed by atoms with Gasteiger partial charge in [-0.3, -0.25) is 4.79 Å². The Kier molecular flexibility index (Phi) is 4.51. The molecule has 0 saturated heterocycles. The fourth-order valence-electron chi connectivity index (χ4n) is 3.21. The van der Waals surface area contributed by atoms with Crippen LogP contribution in [-0.2, 0) is 22.4 Å². The molecule has 1 aliphatic rings. The Morgan fingerprint density at radius 2 is 1.75 bits per heavy atom. The average molecular weight is 332 g/mol. The van der Waals surface area contributed by atoms with E-state index >= 15 is 0 Å². The predicted octanol–water partition coefficient (Wildman–Crippen LogP) is 3.77. The second kappa shape index (κ2) is 6.59. The average Bonchev–Trinajstić information content (AvgIpc) is 2.72. The monoisotopic (exact) mass is 332 g/mol. The van der Waals surface area contributed by atoms with E-state index in [1.54, 1.807) is 26.2 Å². The first-order valence-corrected chi connectivity index (χ1v) is 7.86. The van der Waals surface area contributed by atoms with Crippen LogP contribution in [0, 0.1) is 11.6 Å². The Bertz CT molecular complexity index is 786. The molecule has 1 atom stereocenters. The van der Waals surface area contributed by atoms with Gasteiger partial charge in [-0.25, -0.2) is 8.78 Å². The third-order valence-corrected chi connectivity index (χ3v) is 4.34. The summed E-state index contributed by atoms with van der Waals surface area (Å²) in [5, 5.41) is 0. The number of carbonyl (C=O) groups excluding carboxylic acids is 1. The van der Waals surface area contributed by atoms with Gasteiger partial charge < -0.3 is 9.47 Å². The summed E-state index contributed by atoms with van der Waals surface area (Å²) in [7, 11) is 1.57. The first kappa shape index (κ1) is 16.4. The number of methoxy groups -OCH3 is 1. The SMILES string of the molecule is CCOC(=O)C1c2ccc(OC)cc2CCc2cc(F)c(F)cc21. The summed E-state index contributed by atoms with van der Waals surface area (Å²) < 4.78 is 37.9. The Morgan fingerprint density at radius 1 is 1.08 bits per heavy atom. The maximum atomic E-state index is 13.8. The second-order valence-corrected chi connectivity index (χ2v) is 5.71. The number of hydrogen-bond donors (Lipinski definition) is 0. The summed E-state index contributed by atoms with van der Waals surface area (Å²) in [6.07, 6.45) is 1.13. The van der Waals surface area contributed by atoms with Crippen molar-refractivity contribution >= 4 is 5.97 Å². The Morgan fingerprint density at radius 3 is 2.42 bits per heavy atom. The molecule has 3 nitrogen and oxygen atoms in total. The van der Waals surface area contributed by atoms with E-state index in [9.17, 15) is 13.6 Å². The van der Waals surface area contributed by atoms with Crippen LogP contribution in [0.15, 0.2) is 30.3 Å². The molecule has 3 rings (SSSR count). The van der Waals surface area contributed by atoms with Crippen molar-refractivity contribution in [1.82, 2.24) is 0 Å². The van der Waals surface area contributed by atoms with Crippen LogP contribution >= 0.6 is 0 Å². The zero-order chi connectivity index (χ0) is 17.3. The fourth-order valence-corrected chi connectivity index (χ4v) is 3.21. The van der Waals surface area contributed by atoms with Crippen molar-refractivity contribution < 1.29 is 23.0 Å². The quantitative estimate of drug-likeness (QED) is 0.803. The summed E-state index contributed by atoms with van der Waals surface area (Å²) >= 11 is 0. The van der Waals surface area contributed by atoms with Crippen molar-refractivity contribution in [3.63, 3.8) is 0 Å².